The molecule has 1 nitrogen and oxygen atoms in total. The molecule has 0 saturated carbocycles. The zero-order valence-corrected chi connectivity index (χ0v) is 8.27. The summed E-state index contributed by atoms with van der Waals surface area (Å²) in [6.45, 7) is 3.29. The first-order valence-corrected chi connectivity index (χ1v) is 4.45. The van der Waals surface area contributed by atoms with Gasteiger partial charge in [-0.25, -0.2) is 0 Å². The Morgan fingerprint density at radius 1 is 1.07 bits per heavy atom. The Morgan fingerprint density at radius 2 is 1.73 bits per heavy atom. The van der Waals surface area contributed by atoms with E-state index < -0.39 is 11.7 Å². The van der Waals surface area contributed by atoms with Gasteiger partial charge < -0.3 is 4.42 Å². The van der Waals surface area contributed by atoms with E-state index in [1.165, 1.54) is 0 Å². The molecular weight excluding hydrogens is 205 g/mol. The van der Waals surface area contributed by atoms with E-state index in [2.05, 4.69) is 0 Å². The van der Waals surface area contributed by atoms with Crippen molar-refractivity contribution in [1.82, 2.24) is 0 Å². The van der Waals surface area contributed by atoms with Gasteiger partial charge in [-0.3, -0.25) is 0 Å². The van der Waals surface area contributed by atoms with Crippen molar-refractivity contribution in [2.45, 2.75) is 20.0 Å². The van der Waals surface area contributed by atoms with Crippen LogP contribution in [0.3, 0.4) is 0 Å². The predicted octanol–water partition coefficient (Wildman–Crippen LogP) is 4.07. The quantitative estimate of drug-likeness (QED) is 0.644. The van der Waals surface area contributed by atoms with Gasteiger partial charge in [-0.15, -0.1) is 0 Å². The fourth-order valence-corrected chi connectivity index (χ4v) is 1.66. The number of rotatable bonds is 0. The largest absolute Gasteiger partial charge is 0.468 e. The molecule has 0 aliphatic carbocycles. The number of hydrogen-bond donors (Lipinski definition) is 0. The number of hydrogen-bond acceptors (Lipinski definition) is 1. The summed E-state index contributed by atoms with van der Waals surface area (Å²) in [4.78, 5) is 0. The Kier molecular flexibility index (Phi) is 2.03. The monoisotopic (exact) mass is 214 g/mol. The topological polar surface area (TPSA) is 13.1 Å². The molecule has 1 aromatic carbocycles. The third-order valence-corrected chi connectivity index (χ3v) is 2.36. The third-order valence-electron chi connectivity index (χ3n) is 2.36. The van der Waals surface area contributed by atoms with E-state index >= 15 is 0 Å². The highest BCUT2D eigenvalue weighted by atomic mass is 19.4. The van der Waals surface area contributed by atoms with Crippen molar-refractivity contribution in [3.8, 4) is 0 Å². The van der Waals surface area contributed by atoms with Crippen LogP contribution in [0, 0.1) is 13.8 Å². The fraction of sp³-hybridized carbons (Fsp3) is 0.273. The van der Waals surface area contributed by atoms with Crippen molar-refractivity contribution in [3.05, 3.63) is 35.3 Å². The minimum atomic E-state index is -4.33. The Balaban J connectivity index is 2.84. The Bertz CT molecular complexity index is 508. The van der Waals surface area contributed by atoms with Gasteiger partial charge in [0, 0.05) is 10.8 Å². The molecule has 0 atom stereocenters. The molecule has 0 aliphatic heterocycles. The van der Waals surface area contributed by atoms with Gasteiger partial charge in [0.25, 0.3) is 0 Å². The van der Waals surface area contributed by atoms with Crippen LogP contribution in [0.4, 0.5) is 13.2 Å². The molecule has 0 N–H and O–H groups in total. The molecule has 0 fully saturated rings. The van der Waals surface area contributed by atoms with E-state index in [4.69, 9.17) is 4.42 Å². The molecule has 0 radical (unpaired) electrons. The summed E-state index contributed by atoms with van der Waals surface area (Å²) < 4.78 is 43.0. The zero-order valence-electron chi connectivity index (χ0n) is 8.27. The van der Waals surface area contributed by atoms with Gasteiger partial charge in [-0.05, 0) is 31.5 Å². The molecule has 15 heavy (non-hydrogen) atoms. The van der Waals surface area contributed by atoms with Crippen LogP contribution in [0.15, 0.2) is 22.8 Å². The highest BCUT2D eigenvalue weighted by Crippen LogP contribution is 2.37. The summed E-state index contributed by atoms with van der Waals surface area (Å²) in [6.07, 6.45) is -3.17. The molecule has 80 valence electrons. The van der Waals surface area contributed by atoms with Crippen LogP contribution in [-0.4, -0.2) is 0 Å². The first-order chi connectivity index (χ1) is 6.89. The first kappa shape index (κ1) is 10.1. The van der Waals surface area contributed by atoms with Crippen molar-refractivity contribution in [2.24, 2.45) is 0 Å². The Hall–Kier alpha value is -1.45. The molecule has 0 amide bonds. The maximum atomic E-state index is 12.7. The summed E-state index contributed by atoms with van der Waals surface area (Å²) in [5, 5.41) is 0.660. The lowest BCUT2D eigenvalue weighted by Crippen LogP contribution is -2.05. The molecule has 0 bridgehead atoms. The van der Waals surface area contributed by atoms with Gasteiger partial charge in [0.15, 0.2) is 0 Å². The second-order valence-electron chi connectivity index (χ2n) is 3.56. The molecular formula is C11H9F3O. The van der Waals surface area contributed by atoms with E-state index in [1.54, 1.807) is 19.9 Å². The van der Waals surface area contributed by atoms with Crippen molar-refractivity contribution in [1.29, 1.82) is 0 Å². The highest BCUT2D eigenvalue weighted by Gasteiger charge is 2.33. The van der Waals surface area contributed by atoms with Crippen molar-refractivity contribution in [3.63, 3.8) is 0 Å². The van der Waals surface area contributed by atoms with Crippen LogP contribution in [0.1, 0.15) is 16.9 Å². The second-order valence-corrected chi connectivity index (χ2v) is 3.56. The van der Waals surface area contributed by atoms with Crippen LogP contribution in [0.25, 0.3) is 10.8 Å². The molecule has 1 heterocycles. The van der Waals surface area contributed by atoms with Crippen molar-refractivity contribution >= 4 is 10.8 Å². The van der Waals surface area contributed by atoms with Gasteiger partial charge in [0.1, 0.15) is 5.76 Å². The summed E-state index contributed by atoms with van der Waals surface area (Å²) in [7, 11) is 0. The number of alkyl halides is 3. The molecule has 2 rings (SSSR count). The zero-order chi connectivity index (χ0) is 11.2. The summed E-state index contributed by atoms with van der Waals surface area (Å²) in [5.74, 6) is 0.513. The molecule has 0 aliphatic rings. The van der Waals surface area contributed by atoms with Crippen LogP contribution in [0.2, 0.25) is 0 Å². The Labute approximate surface area is 84.5 Å². The van der Waals surface area contributed by atoms with Gasteiger partial charge in [0.05, 0.1) is 11.8 Å². The average Bonchev–Trinajstić information content (AvgIpc) is 2.45. The molecule has 1 aromatic heterocycles. The summed E-state index contributed by atoms with van der Waals surface area (Å²) >= 11 is 0. The van der Waals surface area contributed by atoms with Crippen LogP contribution in [0.5, 0.6) is 0 Å². The maximum Gasteiger partial charge on any atom is 0.417 e. The number of halogens is 3. The van der Waals surface area contributed by atoms with Gasteiger partial charge in [-0.2, -0.15) is 13.2 Å². The van der Waals surface area contributed by atoms with E-state index in [0.717, 1.165) is 12.3 Å². The van der Waals surface area contributed by atoms with Crippen LogP contribution >= 0.6 is 0 Å². The first-order valence-electron chi connectivity index (χ1n) is 4.45. The van der Waals surface area contributed by atoms with E-state index in [0.29, 0.717) is 16.7 Å². The van der Waals surface area contributed by atoms with Crippen LogP contribution in [-0.2, 0) is 6.18 Å². The van der Waals surface area contributed by atoms with E-state index in [9.17, 15) is 13.2 Å². The fourth-order valence-electron chi connectivity index (χ4n) is 1.66. The number of benzene rings is 1. The van der Waals surface area contributed by atoms with Gasteiger partial charge >= 0.3 is 6.18 Å². The summed E-state index contributed by atoms with van der Waals surface area (Å²) in [5.41, 5.74) is -0.0475. The number of aryl methyl sites for hydroxylation is 2. The molecule has 0 saturated heterocycles. The summed E-state index contributed by atoms with van der Waals surface area (Å²) in [6, 6.07) is 2.83. The molecule has 2 aromatic rings. The van der Waals surface area contributed by atoms with Crippen molar-refractivity contribution < 1.29 is 17.6 Å². The minimum absolute atomic E-state index is 0.130. The van der Waals surface area contributed by atoms with E-state index in [1.807, 2.05) is 0 Å². The highest BCUT2D eigenvalue weighted by molar-refractivity contribution is 5.88. The SMILES string of the molecule is Cc1cc(C(F)(F)F)c2coc(C)c2c1. The smallest absolute Gasteiger partial charge is 0.417 e. The average molecular weight is 214 g/mol. The lowest BCUT2D eigenvalue weighted by atomic mass is 10.0. The molecule has 0 unspecified atom stereocenters. The lowest BCUT2D eigenvalue weighted by molar-refractivity contribution is -0.136. The maximum absolute atomic E-state index is 12.7. The lowest BCUT2D eigenvalue weighted by Gasteiger charge is -2.08. The molecule has 4 heteroatoms. The second kappa shape index (κ2) is 3.02. The Morgan fingerprint density at radius 3 is 2.33 bits per heavy atom. The normalized spacial score (nSPS) is 12.3. The van der Waals surface area contributed by atoms with Crippen LogP contribution < -0.4 is 0 Å². The van der Waals surface area contributed by atoms with Gasteiger partial charge in [0.2, 0.25) is 0 Å². The third kappa shape index (κ3) is 1.60. The standard InChI is InChI=1S/C11H9F3O/c1-6-3-8-7(2)15-5-9(8)10(4-6)11(12,13)14/h3-5H,1-2H3. The molecule has 0 spiro atoms. The number of furan rings is 1. The van der Waals surface area contributed by atoms with E-state index in [-0.39, 0.29) is 5.39 Å². The van der Waals surface area contributed by atoms with Crippen molar-refractivity contribution in [2.75, 3.05) is 0 Å². The minimum Gasteiger partial charge on any atom is -0.468 e. The number of fused-ring (bicyclic) bond motifs is 1. The van der Waals surface area contributed by atoms with Gasteiger partial charge in [-0.1, -0.05) is 0 Å². The predicted molar refractivity (Wildman–Crippen MR) is 50.7 cm³/mol.